The molecule has 0 aliphatic carbocycles. The number of rotatable bonds is 65. The van der Waals surface area contributed by atoms with Crippen molar-refractivity contribution in [1.82, 2.24) is 0 Å². The first-order valence-electron chi connectivity index (χ1n) is 35.4. The first kappa shape index (κ1) is 77.9. The molecule has 0 saturated heterocycles. The molecule has 0 N–H and O–H groups in total. The molecule has 470 valence electrons. The summed E-state index contributed by atoms with van der Waals surface area (Å²) in [5.74, 6) is -0.922. The van der Waals surface area contributed by atoms with E-state index in [-0.39, 0.29) is 37.5 Å². The predicted molar refractivity (Wildman–Crippen MR) is 353 cm³/mol. The second kappa shape index (κ2) is 69.3. The van der Waals surface area contributed by atoms with Gasteiger partial charge in [-0.25, -0.2) is 0 Å². The average molecular weight is 1130 g/mol. The summed E-state index contributed by atoms with van der Waals surface area (Å²) in [4.78, 5) is 38.2. The topological polar surface area (TPSA) is 78.9 Å². The highest BCUT2D eigenvalue weighted by Crippen LogP contribution is 2.18. The summed E-state index contributed by atoms with van der Waals surface area (Å²) < 4.78 is 16.8. The highest BCUT2D eigenvalue weighted by Gasteiger charge is 2.19. The molecule has 0 aliphatic heterocycles. The van der Waals surface area contributed by atoms with Crippen molar-refractivity contribution in [2.24, 2.45) is 0 Å². The molecule has 0 spiro atoms. The fraction of sp³-hybridized carbons (Fsp3) is 0.800. The van der Waals surface area contributed by atoms with Crippen LogP contribution in [0.15, 0.2) is 72.9 Å². The summed E-state index contributed by atoms with van der Waals surface area (Å²) in [7, 11) is 0. The maximum atomic E-state index is 12.9. The van der Waals surface area contributed by atoms with E-state index >= 15 is 0 Å². The van der Waals surface area contributed by atoms with Gasteiger partial charge in [-0.1, -0.05) is 351 Å². The third kappa shape index (κ3) is 67.5. The Kier molecular flexibility index (Phi) is 66.6. The van der Waals surface area contributed by atoms with Gasteiger partial charge in [0.05, 0.1) is 0 Å². The molecule has 0 aromatic heterocycles. The summed E-state index contributed by atoms with van der Waals surface area (Å²) in [6.45, 7) is 6.51. The minimum atomic E-state index is -0.796. The van der Waals surface area contributed by atoms with E-state index in [9.17, 15) is 14.4 Å². The van der Waals surface area contributed by atoms with Gasteiger partial charge in [0.25, 0.3) is 0 Å². The van der Waals surface area contributed by atoms with Gasteiger partial charge in [0.2, 0.25) is 0 Å². The Balaban J connectivity index is 4.05. The molecular formula is C75H134O6. The monoisotopic (exact) mass is 1130 g/mol. The lowest BCUT2D eigenvalue weighted by Crippen LogP contribution is -2.30. The van der Waals surface area contributed by atoms with Crippen LogP contribution in [0.25, 0.3) is 0 Å². The van der Waals surface area contributed by atoms with Gasteiger partial charge in [0, 0.05) is 19.3 Å². The van der Waals surface area contributed by atoms with E-state index < -0.39 is 6.10 Å². The van der Waals surface area contributed by atoms with E-state index in [1.54, 1.807) is 0 Å². The van der Waals surface area contributed by atoms with Crippen LogP contribution in [0.5, 0.6) is 0 Å². The lowest BCUT2D eigenvalue weighted by molar-refractivity contribution is -0.167. The number of carbonyl (C=O) groups excluding carboxylic acids is 3. The third-order valence-corrected chi connectivity index (χ3v) is 15.7. The number of hydrogen-bond acceptors (Lipinski definition) is 6. The van der Waals surface area contributed by atoms with Gasteiger partial charge in [-0.15, -0.1) is 0 Å². The maximum absolute atomic E-state index is 12.9. The van der Waals surface area contributed by atoms with E-state index in [1.165, 1.54) is 231 Å². The van der Waals surface area contributed by atoms with Crippen LogP contribution < -0.4 is 0 Å². The average Bonchev–Trinajstić information content (AvgIpc) is 3.47. The van der Waals surface area contributed by atoms with Gasteiger partial charge in [0.15, 0.2) is 6.10 Å². The van der Waals surface area contributed by atoms with Crippen LogP contribution in [0.4, 0.5) is 0 Å². The minimum absolute atomic E-state index is 0.0895. The van der Waals surface area contributed by atoms with E-state index in [0.717, 1.165) is 89.9 Å². The molecule has 6 heteroatoms. The van der Waals surface area contributed by atoms with Gasteiger partial charge >= 0.3 is 17.9 Å². The van der Waals surface area contributed by atoms with Crippen LogP contribution in [0, 0.1) is 0 Å². The molecule has 6 nitrogen and oxygen atoms in total. The highest BCUT2D eigenvalue weighted by atomic mass is 16.6. The Hall–Kier alpha value is -3.15. The molecule has 0 heterocycles. The molecule has 81 heavy (non-hydrogen) atoms. The van der Waals surface area contributed by atoms with E-state index in [0.29, 0.717) is 19.3 Å². The standard InChI is InChI=1S/C75H134O6/c1-4-7-10-13-16-19-21-23-25-27-29-31-32-33-34-35-36-37-38-39-40-41-42-43-45-46-48-50-52-54-56-59-62-65-68-74(77)80-71-72(70-79-73(76)67-64-61-58-18-15-12-9-6-3)81-75(78)69-66-63-60-57-55-53-51-49-47-44-30-28-26-24-22-20-17-14-11-8-5-2/h8,11,17,20,24,26,30,44,49,51,55,57,72H,4-7,9-10,12-16,18-19,21-23,25,27-29,31-43,45-48,50,52-54,56,58-71H2,1-3H3/b11-8-,20-17-,26-24-,44-30-,51-49-,57-55-. The molecule has 0 bridgehead atoms. The van der Waals surface area contributed by atoms with Crippen molar-refractivity contribution in [2.75, 3.05) is 13.2 Å². The number of ether oxygens (including phenoxy) is 3. The zero-order valence-corrected chi connectivity index (χ0v) is 54.1. The van der Waals surface area contributed by atoms with Crippen molar-refractivity contribution >= 4 is 17.9 Å². The SMILES string of the molecule is CC/C=C\C/C=C\C/C=C\C/C=C\C/C=C\C/C=C\CCCCC(=O)OC(COC(=O)CCCCCCCCCC)COC(=O)CCCCCCCCCCCCCCCCCCCCCCCCCCCCCCCCCCCC. The van der Waals surface area contributed by atoms with Crippen molar-refractivity contribution in [3.63, 3.8) is 0 Å². The van der Waals surface area contributed by atoms with Crippen LogP contribution in [-0.4, -0.2) is 37.2 Å². The summed E-state index contributed by atoms with van der Waals surface area (Å²) >= 11 is 0. The maximum Gasteiger partial charge on any atom is 0.306 e. The van der Waals surface area contributed by atoms with Gasteiger partial charge in [-0.3, -0.25) is 14.4 Å². The lowest BCUT2D eigenvalue weighted by atomic mass is 10.0. The molecule has 1 atom stereocenters. The van der Waals surface area contributed by atoms with Crippen molar-refractivity contribution in [1.29, 1.82) is 0 Å². The Labute approximate surface area is 503 Å². The first-order valence-corrected chi connectivity index (χ1v) is 35.4. The van der Waals surface area contributed by atoms with Gasteiger partial charge in [-0.05, 0) is 70.6 Å². The van der Waals surface area contributed by atoms with E-state index in [1.807, 2.05) is 0 Å². The Morgan fingerprint density at radius 1 is 0.259 bits per heavy atom. The summed E-state index contributed by atoms with van der Waals surface area (Å²) in [6.07, 6.45) is 91.2. The Morgan fingerprint density at radius 3 is 0.753 bits per heavy atom. The Bertz CT molecular complexity index is 1490. The zero-order chi connectivity index (χ0) is 58.5. The molecule has 0 radical (unpaired) electrons. The molecule has 0 aromatic carbocycles. The third-order valence-electron chi connectivity index (χ3n) is 15.7. The summed E-state index contributed by atoms with van der Waals surface area (Å²) in [5, 5.41) is 0. The van der Waals surface area contributed by atoms with Crippen LogP contribution in [0.1, 0.15) is 367 Å². The molecule has 0 amide bonds. The molecule has 0 fully saturated rings. The van der Waals surface area contributed by atoms with Gasteiger partial charge in [0.1, 0.15) is 13.2 Å². The number of carbonyl (C=O) groups is 3. The first-order chi connectivity index (χ1) is 40.0. The van der Waals surface area contributed by atoms with Crippen molar-refractivity contribution < 1.29 is 28.6 Å². The quantitative estimate of drug-likeness (QED) is 0.0261. The second-order valence-corrected chi connectivity index (χ2v) is 23.8. The zero-order valence-electron chi connectivity index (χ0n) is 54.1. The number of allylic oxidation sites excluding steroid dienone is 12. The van der Waals surface area contributed by atoms with E-state index in [4.69, 9.17) is 14.2 Å². The fourth-order valence-electron chi connectivity index (χ4n) is 10.5. The lowest BCUT2D eigenvalue weighted by Gasteiger charge is -2.18. The minimum Gasteiger partial charge on any atom is -0.462 e. The second-order valence-electron chi connectivity index (χ2n) is 23.8. The molecule has 0 saturated carbocycles. The predicted octanol–water partition coefficient (Wildman–Crippen LogP) is 24.4. The largest absolute Gasteiger partial charge is 0.462 e. The molecule has 1 unspecified atom stereocenters. The van der Waals surface area contributed by atoms with Crippen molar-refractivity contribution in [2.45, 2.75) is 374 Å². The summed E-state index contributed by atoms with van der Waals surface area (Å²) in [6, 6.07) is 0. The van der Waals surface area contributed by atoms with Crippen LogP contribution >= 0.6 is 0 Å². The van der Waals surface area contributed by atoms with Crippen LogP contribution in [-0.2, 0) is 28.6 Å². The number of esters is 3. The van der Waals surface area contributed by atoms with E-state index in [2.05, 4.69) is 93.7 Å². The van der Waals surface area contributed by atoms with Gasteiger partial charge in [-0.2, -0.15) is 0 Å². The summed E-state index contributed by atoms with van der Waals surface area (Å²) in [5.41, 5.74) is 0. The van der Waals surface area contributed by atoms with Crippen LogP contribution in [0.2, 0.25) is 0 Å². The van der Waals surface area contributed by atoms with Crippen molar-refractivity contribution in [3.05, 3.63) is 72.9 Å². The highest BCUT2D eigenvalue weighted by molar-refractivity contribution is 5.71. The van der Waals surface area contributed by atoms with Gasteiger partial charge < -0.3 is 14.2 Å². The smallest absolute Gasteiger partial charge is 0.306 e. The molecule has 0 rings (SSSR count). The molecular weight excluding hydrogens is 997 g/mol. The van der Waals surface area contributed by atoms with Crippen molar-refractivity contribution in [3.8, 4) is 0 Å². The number of hydrogen-bond donors (Lipinski definition) is 0. The normalized spacial score (nSPS) is 12.5. The number of unbranched alkanes of at least 4 members (excludes halogenated alkanes) is 42. The fourth-order valence-corrected chi connectivity index (χ4v) is 10.5. The Morgan fingerprint density at radius 2 is 0.481 bits per heavy atom. The molecule has 0 aliphatic rings. The molecule has 0 aromatic rings. The van der Waals surface area contributed by atoms with Crippen LogP contribution in [0.3, 0.4) is 0 Å².